The molecule has 1 aliphatic rings. The highest BCUT2D eigenvalue weighted by Gasteiger charge is 2.33. The Balaban J connectivity index is 1.46. The number of fused-ring (bicyclic) bond motifs is 8. The first-order valence-electron chi connectivity index (χ1n) is 21.8. The van der Waals surface area contributed by atoms with Crippen molar-refractivity contribution in [2.24, 2.45) is 0 Å². The Morgan fingerprint density at radius 1 is 0.409 bits per heavy atom. The number of nitrogens with zero attached hydrogens (tertiary/aromatic N) is 6. The maximum atomic E-state index is 12.0. The zero-order valence-electron chi connectivity index (χ0n) is 35.6. The van der Waals surface area contributed by atoms with Gasteiger partial charge in [-0.2, -0.15) is 21.0 Å². The number of rotatable bonds is 5. The van der Waals surface area contributed by atoms with E-state index in [4.69, 9.17) is 0 Å². The molecule has 6 heteroatoms. The van der Waals surface area contributed by atoms with Crippen LogP contribution >= 0.6 is 0 Å². The smallest absolute Gasteiger partial charge is 0.101 e. The van der Waals surface area contributed by atoms with Crippen molar-refractivity contribution < 1.29 is 0 Å². The third-order valence-corrected chi connectivity index (χ3v) is 12.7. The molecule has 11 rings (SSSR count). The fourth-order valence-electron chi connectivity index (χ4n) is 9.87. The molecule has 66 heavy (non-hydrogen) atoms. The molecule has 0 bridgehead atoms. The summed E-state index contributed by atoms with van der Waals surface area (Å²) in [6, 6.07) is 62.0. The Morgan fingerprint density at radius 3 is 1.53 bits per heavy atom. The molecule has 0 unspecified atom stereocenters. The molecule has 0 saturated carbocycles. The molecule has 0 radical (unpaired) electrons. The molecule has 1 aliphatic carbocycles. The van der Waals surface area contributed by atoms with Crippen LogP contribution in [0.15, 0.2) is 188 Å². The molecule has 306 valence electrons. The lowest BCUT2D eigenvalue weighted by molar-refractivity contribution is 1.07. The van der Waals surface area contributed by atoms with E-state index in [-0.39, 0.29) is 0 Å². The van der Waals surface area contributed by atoms with Crippen molar-refractivity contribution in [2.45, 2.75) is 12.8 Å². The Hall–Kier alpha value is -9.46. The maximum Gasteiger partial charge on any atom is 0.101 e. The fourth-order valence-corrected chi connectivity index (χ4v) is 9.87. The van der Waals surface area contributed by atoms with Gasteiger partial charge in [-0.1, -0.05) is 134 Å². The van der Waals surface area contributed by atoms with Crippen molar-refractivity contribution in [1.29, 1.82) is 21.0 Å². The molecular weight excluding hydrogens is 805 g/mol. The van der Waals surface area contributed by atoms with E-state index in [1.807, 2.05) is 48.5 Å². The molecule has 6 nitrogen and oxygen atoms in total. The van der Waals surface area contributed by atoms with E-state index in [0.29, 0.717) is 39.8 Å². The van der Waals surface area contributed by atoms with Crippen molar-refractivity contribution in [3.05, 3.63) is 222 Å². The minimum Gasteiger partial charge on any atom is -0.308 e. The van der Waals surface area contributed by atoms with Crippen molar-refractivity contribution in [2.75, 3.05) is 0 Å². The second kappa shape index (κ2) is 16.3. The van der Waals surface area contributed by atoms with E-state index in [1.54, 1.807) is 24.3 Å². The Labute approximate surface area is 381 Å². The first kappa shape index (κ1) is 39.4. The Bertz CT molecular complexity index is 3880. The van der Waals surface area contributed by atoms with E-state index in [2.05, 4.69) is 155 Å². The normalized spacial score (nSPS) is 12.2. The highest BCUT2D eigenvalue weighted by molar-refractivity contribution is 6.22. The molecule has 8 aromatic carbocycles. The number of hydrogen-bond donors (Lipinski definition) is 0. The van der Waals surface area contributed by atoms with Gasteiger partial charge in [0.2, 0.25) is 0 Å². The van der Waals surface area contributed by atoms with Crippen LogP contribution in [0.4, 0.5) is 0 Å². The van der Waals surface area contributed by atoms with Crippen LogP contribution in [0.5, 0.6) is 0 Å². The zero-order valence-corrected chi connectivity index (χ0v) is 35.6. The largest absolute Gasteiger partial charge is 0.308 e. The molecule has 10 aromatic rings. The van der Waals surface area contributed by atoms with Gasteiger partial charge in [-0.25, -0.2) is 0 Å². The van der Waals surface area contributed by atoms with E-state index in [0.717, 1.165) is 94.8 Å². The van der Waals surface area contributed by atoms with Crippen LogP contribution in [0, 0.1) is 45.3 Å². The van der Waals surface area contributed by atoms with Crippen LogP contribution in [-0.2, 0) is 6.42 Å². The summed E-state index contributed by atoms with van der Waals surface area (Å²) in [7, 11) is 0. The molecule has 0 fully saturated rings. The number of allylic oxidation sites excluding steroid dienone is 5. The number of para-hydroxylation sites is 2. The van der Waals surface area contributed by atoms with E-state index < -0.39 is 0 Å². The van der Waals surface area contributed by atoms with Gasteiger partial charge in [-0.05, 0) is 107 Å². The molecule has 0 N–H and O–H groups in total. The lowest BCUT2D eigenvalue weighted by atomic mass is 9.83. The summed E-state index contributed by atoms with van der Waals surface area (Å²) in [6.07, 6.45) is 14.3. The van der Waals surface area contributed by atoms with Crippen LogP contribution in [0.25, 0.3) is 94.3 Å². The first-order valence-corrected chi connectivity index (χ1v) is 21.8. The Morgan fingerprint density at radius 2 is 0.924 bits per heavy atom. The summed E-state index contributed by atoms with van der Waals surface area (Å²) < 4.78 is 4.65. The van der Waals surface area contributed by atoms with Gasteiger partial charge in [0.15, 0.2) is 0 Å². The van der Waals surface area contributed by atoms with Crippen molar-refractivity contribution in [3.8, 4) is 69.0 Å². The first-order chi connectivity index (χ1) is 32.6. The molecule has 0 amide bonds. The number of hydrogen-bond acceptors (Lipinski definition) is 4. The number of aromatic nitrogens is 2. The SMILES string of the molecule is N#Cc1ccc(-c2c(C#N)c(-c3ccc(C#N)cc3)c(-n3c4ccccc4c4c5ccccc5ccc43)c(-c3ccc(C#N)cc3)c2-n2c3c(c4ccccc42)CC=CC=CCC=C3)cc1. The molecular formula is C60H36N6. The second-order valence-electron chi connectivity index (χ2n) is 16.3. The van der Waals surface area contributed by atoms with Crippen molar-refractivity contribution in [1.82, 2.24) is 9.13 Å². The van der Waals surface area contributed by atoms with Gasteiger partial charge < -0.3 is 9.13 Å². The van der Waals surface area contributed by atoms with Crippen LogP contribution in [0.2, 0.25) is 0 Å². The topological polar surface area (TPSA) is 105 Å². The van der Waals surface area contributed by atoms with Gasteiger partial charge in [0.1, 0.15) is 6.07 Å². The molecule has 0 atom stereocenters. The average molecular weight is 841 g/mol. The summed E-state index contributed by atoms with van der Waals surface area (Å²) >= 11 is 0. The molecule has 2 heterocycles. The van der Waals surface area contributed by atoms with Gasteiger partial charge in [0.25, 0.3) is 0 Å². The summed E-state index contributed by atoms with van der Waals surface area (Å²) in [5.41, 5.74) is 13.0. The van der Waals surface area contributed by atoms with Crippen molar-refractivity contribution >= 4 is 49.6 Å². The standard InChI is InChI=1S/C60H36N6/c61-35-39-21-27-43(28-22-39)55-50(38-64)56(44-29-23-40(36-62)24-30-44)60(66-53-20-12-10-17-49(53)58-46-14-8-7-13-42(46)33-34-54(58)66)57(45-31-25-41(37-63)26-32-45)59(55)65-51-18-6-4-2-1-3-5-15-47(51)48-16-9-11-19-52(48)65/h1-3,5-14,16-34H,4,15H2. The molecule has 0 saturated heterocycles. The lowest BCUT2D eigenvalue weighted by Crippen LogP contribution is -2.11. The van der Waals surface area contributed by atoms with E-state index >= 15 is 0 Å². The summed E-state index contributed by atoms with van der Waals surface area (Å²) in [5.74, 6) is 0. The summed E-state index contributed by atoms with van der Waals surface area (Å²) in [6.45, 7) is 0. The molecule has 2 aromatic heterocycles. The highest BCUT2D eigenvalue weighted by atomic mass is 15.0. The zero-order chi connectivity index (χ0) is 44.7. The van der Waals surface area contributed by atoms with E-state index in [9.17, 15) is 21.0 Å². The predicted octanol–water partition coefficient (Wildman–Crippen LogP) is 14.4. The van der Waals surface area contributed by atoms with Gasteiger partial charge in [0, 0.05) is 32.8 Å². The highest BCUT2D eigenvalue weighted by Crippen LogP contribution is 2.52. The van der Waals surface area contributed by atoms with Crippen molar-refractivity contribution in [3.63, 3.8) is 0 Å². The average Bonchev–Trinajstić information content (AvgIpc) is 3.89. The quantitative estimate of drug-likeness (QED) is 0.172. The van der Waals surface area contributed by atoms with Gasteiger partial charge in [-0.15, -0.1) is 0 Å². The number of benzene rings is 8. The summed E-state index contributed by atoms with van der Waals surface area (Å²) in [5, 5.41) is 47.7. The minimum atomic E-state index is 0.428. The number of nitriles is 4. The van der Waals surface area contributed by atoms with Gasteiger partial charge in [-0.3, -0.25) is 0 Å². The summed E-state index contributed by atoms with van der Waals surface area (Å²) in [4.78, 5) is 0. The van der Waals surface area contributed by atoms with Crippen LogP contribution in [-0.4, -0.2) is 9.13 Å². The van der Waals surface area contributed by atoms with Crippen LogP contribution in [0.1, 0.15) is 39.9 Å². The predicted molar refractivity (Wildman–Crippen MR) is 266 cm³/mol. The molecule has 0 aliphatic heterocycles. The van der Waals surface area contributed by atoms with Gasteiger partial charge >= 0.3 is 0 Å². The fraction of sp³-hybridized carbons (Fsp3) is 0.0333. The van der Waals surface area contributed by atoms with Gasteiger partial charge in [0.05, 0.1) is 74.1 Å². The lowest BCUT2D eigenvalue weighted by Gasteiger charge is -2.28. The van der Waals surface area contributed by atoms with E-state index in [1.165, 1.54) is 0 Å². The third-order valence-electron chi connectivity index (χ3n) is 12.7. The second-order valence-corrected chi connectivity index (χ2v) is 16.3. The third kappa shape index (κ3) is 6.30. The molecule has 0 spiro atoms. The van der Waals surface area contributed by atoms with Crippen LogP contribution < -0.4 is 0 Å². The minimum absolute atomic E-state index is 0.428. The Kier molecular flexibility index (Phi) is 9.75. The monoisotopic (exact) mass is 840 g/mol. The van der Waals surface area contributed by atoms with Crippen LogP contribution in [0.3, 0.4) is 0 Å². The maximum absolute atomic E-state index is 12.0.